The third-order valence-corrected chi connectivity index (χ3v) is 5.32. The molecule has 0 radical (unpaired) electrons. The molecule has 120 valence electrons. The first-order valence-electron chi connectivity index (χ1n) is 8.09. The number of nitrogens with two attached hydrogens (primary N) is 1. The Labute approximate surface area is 131 Å². The van der Waals surface area contributed by atoms with Gasteiger partial charge in [0.2, 0.25) is 0 Å². The molecule has 0 saturated carbocycles. The van der Waals surface area contributed by atoms with E-state index in [1.54, 1.807) is 0 Å². The van der Waals surface area contributed by atoms with E-state index >= 15 is 0 Å². The van der Waals surface area contributed by atoms with Gasteiger partial charge < -0.3 is 15.8 Å². The SMILES string of the molecule is CCOC(=O)[C@]12CC[C@@H](Nc3ccccc3N)[C@H](CC1)N2C. The van der Waals surface area contributed by atoms with Crippen LogP contribution in [0.5, 0.6) is 0 Å². The number of nitrogen functional groups attached to an aromatic ring is 1. The van der Waals surface area contributed by atoms with E-state index in [9.17, 15) is 4.79 Å². The normalized spacial score (nSPS) is 31.0. The maximum absolute atomic E-state index is 12.4. The molecule has 3 atom stereocenters. The average molecular weight is 303 g/mol. The minimum absolute atomic E-state index is 0.0577. The molecule has 1 aromatic carbocycles. The number of hydrogen-bond donors (Lipinski definition) is 2. The second-order valence-corrected chi connectivity index (χ2v) is 6.35. The number of para-hydroxylation sites is 2. The second-order valence-electron chi connectivity index (χ2n) is 6.35. The zero-order valence-corrected chi connectivity index (χ0v) is 13.3. The molecule has 5 heteroatoms. The van der Waals surface area contributed by atoms with Gasteiger partial charge in [-0.3, -0.25) is 9.69 Å². The van der Waals surface area contributed by atoms with Crippen molar-refractivity contribution in [3.8, 4) is 0 Å². The smallest absolute Gasteiger partial charge is 0.326 e. The van der Waals surface area contributed by atoms with Crippen molar-refractivity contribution in [2.45, 2.75) is 50.2 Å². The Balaban J connectivity index is 1.75. The van der Waals surface area contributed by atoms with Gasteiger partial charge in [0.15, 0.2) is 0 Å². The van der Waals surface area contributed by atoms with E-state index in [0.29, 0.717) is 18.7 Å². The van der Waals surface area contributed by atoms with Crippen molar-refractivity contribution in [3.63, 3.8) is 0 Å². The number of carbonyl (C=O) groups excluding carboxylic acids is 1. The molecule has 1 aromatic rings. The van der Waals surface area contributed by atoms with E-state index in [0.717, 1.165) is 37.1 Å². The lowest BCUT2D eigenvalue weighted by atomic mass is 9.86. The summed E-state index contributed by atoms with van der Waals surface area (Å²) in [5, 5.41) is 3.58. The molecule has 2 aliphatic heterocycles. The molecule has 2 aliphatic rings. The summed E-state index contributed by atoms with van der Waals surface area (Å²) in [6, 6.07) is 8.51. The van der Waals surface area contributed by atoms with Gasteiger partial charge in [-0.1, -0.05) is 12.1 Å². The number of benzene rings is 1. The fourth-order valence-electron chi connectivity index (χ4n) is 4.04. The molecule has 0 aliphatic carbocycles. The third kappa shape index (κ3) is 2.33. The fraction of sp³-hybridized carbons (Fsp3) is 0.588. The number of piperidine rings is 1. The minimum atomic E-state index is -0.416. The number of fused-ring (bicyclic) bond motifs is 2. The highest BCUT2D eigenvalue weighted by atomic mass is 16.5. The van der Waals surface area contributed by atoms with Gasteiger partial charge in [-0.2, -0.15) is 0 Å². The number of rotatable bonds is 4. The lowest BCUT2D eigenvalue weighted by Gasteiger charge is -2.44. The summed E-state index contributed by atoms with van der Waals surface area (Å²) in [4.78, 5) is 14.6. The largest absolute Gasteiger partial charge is 0.465 e. The van der Waals surface area contributed by atoms with Crippen molar-refractivity contribution in [2.75, 3.05) is 24.7 Å². The Kier molecular flexibility index (Phi) is 4.00. The fourth-order valence-corrected chi connectivity index (χ4v) is 4.04. The van der Waals surface area contributed by atoms with Crippen LogP contribution in [0.2, 0.25) is 0 Å². The predicted octanol–water partition coefficient (Wildman–Crippen LogP) is 2.24. The molecule has 2 bridgehead atoms. The highest BCUT2D eigenvalue weighted by Gasteiger charge is 2.55. The van der Waals surface area contributed by atoms with Gasteiger partial charge in [-0.15, -0.1) is 0 Å². The van der Waals surface area contributed by atoms with Crippen molar-refractivity contribution in [3.05, 3.63) is 24.3 Å². The summed E-state index contributed by atoms with van der Waals surface area (Å²) >= 11 is 0. The van der Waals surface area contributed by atoms with Crippen molar-refractivity contribution in [1.82, 2.24) is 4.90 Å². The molecule has 0 amide bonds. The van der Waals surface area contributed by atoms with E-state index in [1.807, 2.05) is 31.2 Å². The summed E-state index contributed by atoms with van der Waals surface area (Å²) in [5.41, 5.74) is 7.37. The molecule has 3 rings (SSSR count). The molecule has 2 fully saturated rings. The van der Waals surface area contributed by atoms with Crippen LogP contribution in [0.1, 0.15) is 32.6 Å². The van der Waals surface area contributed by atoms with Crippen molar-refractivity contribution in [1.29, 1.82) is 0 Å². The van der Waals surface area contributed by atoms with Gasteiger partial charge in [-0.05, 0) is 51.8 Å². The minimum Gasteiger partial charge on any atom is -0.465 e. The molecule has 22 heavy (non-hydrogen) atoms. The number of hydrogen-bond acceptors (Lipinski definition) is 5. The highest BCUT2D eigenvalue weighted by molar-refractivity contribution is 5.82. The summed E-state index contributed by atoms with van der Waals surface area (Å²) in [6.45, 7) is 2.31. The zero-order chi connectivity index (χ0) is 15.7. The number of nitrogens with zero attached hydrogens (tertiary/aromatic N) is 1. The van der Waals surface area contributed by atoms with Crippen LogP contribution in [0.3, 0.4) is 0 Å². The monoisotopic (exact) mass is 303 g/mol. The molecule has 0 spiro atoms. The van der Waals surface area contributed by atoms with E-state index in [1.165, 1.54) is 0 Å². The van der Waals surface area contributed by atoms with Crippen molar-refractivity contribution >= 4 is 17.3 Å². The van der Waals surface area contributed by atoms with E-state index < -0.39 is 5.54 Å². The van der Waals surface area contributed by atoms with Gasteiger partial charge in [0.05, 0.1) is 18.0 Å². The van der Waals surface area contributed by atoms with E-state index in [2.05, 4.69) is 17.3 Å². The molecule has 2 heterocycles. The van der Waals surface area contributed by atoms with Crippen LogP contribution in [-0.2, 0) is 9.53 Å². The molecular formula is C17H25N3O2. The average Bonchev–Trinajstić information content (AvgIpc) is 2.72. The zero-order valence-electron chi connectivity index (χ0n) is 13.3. The Bertz CT molecular complexity index is 563. The number of ether oxygens (including phenoxy) is 1. The summed E-state index contributed by atoms with van der Waals surface area (Å²) in [5.74, 6) is -0.0577. The molecule has 2 saturated heterocycles. The maximum Gasteiger partial charge on any atom is 0.326 e. The molecular weight excluding hydrogens is 278 g/mol. The topological polar surface area (TPSA) is 67.6 Å². The van der Waals surface area contributed by atoms with Crippen LogP contribution in [0.15, 0.2) is 24.3 Å². The molecule has 5 nitrogen and oxygen atoms in total. The third-order valence-electron chi connectivity index (χ3n) is 5.32. The summed E-state index contributed by atoms with van der Waals surface area (Å²) in [6.07, 6.45) is 3.70. The van der Waals surface area contributed by atoms with Gasteiger partial charge in [0.25, 0.3) is 0 Å². The van der Waals surface area contributed by atoms with E-state index in [-0.39, 0.29) is 5.97 Å². The molecule has 3 N–H and O–H groups in total. The Morgan fingerprint density at radius 2 is 2.14 bits per heavy atom. The molecule has 0 unspecified atom stereocenters. The lowest BCUT2D eigenvalue weighted by Crippen LogP contribution is -2.59. The van der Waals surface area contributed by atoms with Crippen LogP contribution in [-0.4, -0.2) is 42.1 Å². The number of likely N-dealkylation sites (N-methyl/N-ethyl adjacent to an activating group) is 1. The van der Waals surface area contributed by atoms with Gasteiger partial charge >= 0.3 is 5.97 Å². The van der Waals surface area contributed by atoms with Crippen molar-refractivity contribution < 1.29 is 9.53 Å². The lowest BCUT2D eigenvalue weighted by molar-refractivity contribution is -0.158. The quantitative estimate of drug-likeness (QED) is 0.659. The van der Waals surface area contributed by atoms with Gasteiger partial charge in [0.1, 0.15) is 5.54 Å². The number of nitrogens with one attached hydrogen (secondary N) is 1. The first-order chi connectivity index (χ1) is 10.6. The van der Waals surface area contributed by atoms with Gasteiger partial charge in [-0.25, -0.2) is 0 Å². The van der Waals surface area contributed by atoms with Crippen LogP contribution in [0, 0.1) is 0 Å². The van der Waals surface area contributed by atoms with Crippen LogP contribution < -0.4 is 11.1 Å². The van der Waals surface area contributed by atoms with E-state index in [4.69, 9.17) is 10.5 Å². The molecule has 0 aromatic heterocycles. The van der Waals surface area contributed by atoms with Gasteiger partial charge in [0, 0.05) is 12.1 Å². The van der Waals surface area contributed by atoms with Crippen LogP contribution in [0.4, 0.5) is 11.4 Å². The predicted molar refractivity (Wildman–Crippen MR) is 87.6 cm³/mol. The Morgan fingerprint density at radius 3 is 2.86 bits per heavy atom. The summed E-state index contributed by atoms with van der Waals surface area (Å²) < 4.78 is 5.32. The number of carbonyl (C=O) groups is 1. The van der Waals surface area contributed by atoms with Crippen molar-refractivity contribution in [2.24, 2.45) is 0 Å². The first-order valence-corrected chi connectivity index (χ1v) is 8.09. The Morgan fingerprint density at radius 1 is 1.41 bits per heavy atom. The number of anilines is 2. The van der Waals surface area contributed by atoms with Crippen LogP contribution >= 0.6 is 0 Å². The maximum atomic E-state index is 12.4. The van der Waals surface area contributed by atoms with Crippen LogP contribution in [0.25, 0.3) is 0 Å². The summed E-state index contributed by atoms with van der Waals surface area (Å²) in [7, 11) is 2.05. The second kappa shape index (κ2) is 5.80. The Hall–Kier alpha value is -1.75. The number of esters is 1. The first kappa shape index (κ1) is 15.2. The standard InChI is InChI=1S/C17H25N3O2/c1-3-22-16(21)17-10-8-14(15(9-11-17)20(17)2)19-13-7-5-4-6-12(13)18/h4-7,14-15,19H,3,8-11,18H2,1-2H3/t14-,15+,17+/m1/s1. The highest BCUT2D eigenvalue weighted by Crippen LogP contribution is 2.44.